The summed E-state index contributed by atoms with van der Waals surface area (Å²) in [5.74, 6) is 0.898. The maximum atomic E-state index is 5.44. The van der Waals surface area contributed by atoms with Gasteiger partial charge in [-0.1, -0.05) is 38.1 Å². The third-order valence-electron chi connectivity index (χ3n) is 2.67. The first-order valence-electron chi connectivity index (χ1n) is 6.32. The Labute approximate surface area is 105 Å². The summed E-state index contributed by atoms with van der Waals surface area (Å²) in [4.78, 5) is 0. The number of benzene rings is 1. The standard InChI is InChI=1S/C15H23NO/c1-4-6-13(3)16-12-14-7-9-15(10-8-14)17-11-5-2/h5,7-10,13,16H,2,4,6,11-12H2,1,3H3. The fraction of sp³-hybridized carbons (Fsp3) is 0.467. The van der Waals surface area contributed by atoms with Crippen molar-refractivity contribution in [3.63, 3.8) is 0 Å². The first-order valence-corrected chi connectivity index (χ1v) is 6.32. The molecule has 1 atom stereocenters. The van der Waals surface area contributed by atoms with Crippen molar-refractivity contribution in [3.8, 4) is 5.75 Å². The fourth-order valence-electron chi connectivity index (χ4n) is 1.69. The van der Waals surface area contributed by atoms with Gasteiger partial charge in [0.25, 0.3) is 0 Å². The van der Waals surface area contributed by atoms with E-state index < -0.39 is 0 Å². The van der Waals surface area contributed by atoms with E-state index in [4.69, 9.17) is 4.74 Å². The van der Waals surface area contributed by atoms with E-state index in [1.807, 2.05) is 12.1 Å². The Bertz CT molecular complexity index is 318. The summed E-state index contributed by atoms with van der Waals surface area (Å²) in [6.07, 6.45) is 4.20. The van der Waals surface area contributed by atoms with Gasteiger partial charge in [0.05, 0.1) is 0 Å². The predicted molar refractivity (Wildman–Crippen MR) is 73.3 cm³/mol. The van der Waals surface area contributed by atoms with Crippen molar-refractivity contribution in [2.45, 2.75) is 39.3 Å². The average molecular weight is 233 g/mol. The molecule has 0 radical (unpaired) electrons. The Balaban J connectivity index is 2.37. The zero-order valence-corrected chi connectivity index (χ0v) is 10.9. The molecule has 17 heavy (non-hydrogen) atoms. The molecule has 0 saturated heterocycles. The molecule has 0 aliphatic carbocycles. The molecule has 1 aromatic rings. The second-order valence-corrected chi connectivity index (χ2v) is 4.31. The quantitative estimate of drug-likeness (QED) is 0.694. The molecule has 0 bridgehead atoms. The van der Waals surface area contributed by atoms with E-state index in [0.717, 1.165) is 12.3 Å². The van der Waals surface area contributed by atoms with Crippen LogP contribution in [0.3, 0.4) is 0 Å². The molecule has 0 heterocycles. The van der Waals surface area contributed by atoms with Crippen LogP contribution in [0, 0.1) is 0 Å². The highest BCUT2D eigenvalue weighted by molar-refractivity contribution is 5.27. The summed E-state index contributed by atoms with van der Waals surface area (Å²) in [6.45, 7) is 9.54. The van der Waals surface area contributed by atoms with Crippen LogP contribution in [0.25, 0.3) is 0 Å². The maximum absolute atomic E-state index is 5.44. The van der Waals surface area contributed by atoms with E-state index >= 15 is 0 Å². The Morgan fingerprint density at radius 3 is 2.65 bits per heavy atom. The molecule has 0 spiro atoms. The highest BCUT2D eigenvalue weighted by Crippen LogP contribution is 2.12. The first-order chi connectivity index (χ1) is 8.26. The number of hydrogen-bond donors (Lipinski definition) is 1. The normalized spacial score (nSPS) is 12.1. The van der Waals surface area contributed by atoms with E-state index in [9.17, 15) is 0 Å². The molecule has 1 N–H and O–H groups in total. The monoisotopic (exact) mass is 233 g/mol. The van der Waals surface area contributed by atoms with Crippen LogP contribution < -0.4 is 10.1 Å². The van der Waals surface area contributed by atoms with Crippen molar-refractivity contribution in [2.24, 2.45) is 0 Å². The molecule has 1 rings (SSSR count). The van der Waals surface area contributed by atoms with Gasteiger partial charge in [-0.2, -0.15) is 0 Å². The van der Waals surface area contributed by atoms with Crippen LogP contribution in [0.2, 0.25) is 0 Å². The van der Waals surface area contributed by atoms with E-state index in [1.54, 1.807) is 6.08 Å². The third-order valence-corrected chi connectivity index (χ3v) is 2.67. The predicted octanol–water partition coefficient (Wildman–Crippen LogP) is 3.53. The molecule has 94 valence electrons. The van der Waals surface area contributed by atoms with Gasteiger partial charge in [0, 0.05) is 12.6 Å². The minimum Gasteiger partial charge on any atom is -0.490 e. The first kappa shape index (κ1) is 13.8. The van der Waals surface area contributed by atoms with Crippen LogP contribution in [0.15, 0.2) is 36.9 Å². The van der Waals surface area contributed by atoms with Gasteiger partial charge < -0.3 is 10.1 Å². The lowest BCUT2D eigenvalue weighted by molar-refractivity contribution is 0.363. The second kappa shape index (κ2) is 7.91. The van der Waals surface area contributed by atoms with Crippen molar-refractivity contribution in [2.75, 3.05) is 6.61 Å². The van der Waals surface area contributed by atoms with Crippen LogP contribution in [0.4, 0.5) is 0 Å². The Kier molecular flexibility index (Phi) is 6.41. The van der Waals surface area contributed by atoms with Crippen molar-refractivity contribution in [1.82, 2.24) is 5.32 Å². The molecule has 2 nitrogen and oxygen atoms in total. The van der Waals surface area contributed by atoms with Gasteiger partial charge in [-0.3, -0.25) is 0 Å². The van der Waals surface area contributed by atoms with Crippen molar-refractivity contribution >= 4 is 0 Å². The van der Waals surface area contributed by atoms with Crippen LogP contribution >= 0.6 is 0 Å². The Hall–Kier alpha value is -1.28. The molecule has 0 saturated carbocycles. The molecule has 0 aromatic heterocycles. The molecule has 1 aromatic carbocycles. The molecule has 1 unspecified atom stereocenters. The van der Waals surface area contributed by atoms with Gasteiger partial charge in [0.2, 0.25) is 0 Å². The number of ether oxygens (including phenoxy) is 1. The number of hydrogen-bond acceptors (Lipinski definition) is 2. The minimum atomic E-state index is 0.561. The van der Waals surface area contributed by atoms with Crippen molar-refractivity contribution in [3.05, 3.63) is 42.5 Å². The summed E-state index contributed by atoms with van der Waals surface area (Å²) in [5, 5.41) is 3.51. The lowest BCUT2D eigenvalue weighted by Gasteiger charge is -2.12. The zero-order valence-electron chi connectivity index (χ0n) is 10.9. The highest BCUT2D eigenvalue weighted by atomic mass is 16.5. The van der Waals surface area contributed by atoms with Crippen molar-refractivity contribution in [1.29, 1.82) is 0 Å². The summed E-state index contributed by atoms with van der Waals surface area (Å²) in [5.41, 5.74) is 1.29. The third kappa shape index (κ3) is 5.55. The summed E-state index contributed by atoms with van der Waals surface area (Å²) >= 11 is 0. The Morgan fingerprint density at radius 2 is 2.06 bits per heavy atom. The van der Waals surface area contributed by atoms with Gasteiger partial charge in [0.15, 0.2) is 0 Å². The van der Waals surface area contributed by atoms with Crippen LogP contribution in [-0.4, -0.2) is 12.6 Å². The summed E-state index contributed by atoms with van der Waals surface area (Å²) in [6, 6.07) is 8.79. The van der Waals surface area contributed by atoms with Crippen LogP contribution in [-0.2, 0) is 6.54 Å². The van der Waals surface area contributed by atoms with Gasteiger partial charge in [-0.25, -0.2) is 0 Å². The fourth-order valence-corrected chi connectivity index (χ4v) is 1.69. The van der Waals surface area contributed by atoms with E-state index in [0.29, 0.717) is 12.6 Å². The molecule has 0 amide bonds. The zero-order chi connectivity index (χ0) is 12.5. The van der Waals surface area contributed by atoms with Gasteiger partial charge in [-0.05, 0) is 31.0 Å². The van der Waals surface area contributed by atoms with Gasteiger partial charge in [-0.15, -0.1) is 0 Å². The molecular weight excluding hydrogens is 210 g/mol. The molecular formula is C15H23NO. The van der Waals surface area contributed by atoms with E-state index in [2.05, 4.69) is 37.9 Å². The highest BCUT2D eigenvalue weighted by Gasteiger charge is 2.00. The SMILES string of the molecule is C=CCOc1ccc(CNC(C)CCC)cc1. The number of nitrogens with one attached hydrogen (secondary N) is 1. The lowest BCUT2D eigenvalue weighted by Crippen LogP contribution is -2.24. The van der Waals surface area contributed by atoms with E-state index in [-0.39, 0.29) is 0 Å². The van der Waals surface area contributed by atoms with E-state index in [1.165, 1.54) is 18.4 Å². The molecule has 2 heteroatoms. The topological polar surface area (TPSA) is 21.3 Å². The Morgan fingerprint density at radius 1 is 1.35 bits per heavy atom. The molecule has 0 fully saturated rings. The van der Waals surface area contributed by atoms with Gasteiger partial charge in [0.1, 0.15) is 12.4 Å². The summed E-state index contributed by atoms with van der Waals surface area (Å²) < 4.78 is 5.44. The average Bonchev–Trinajstić information content (AvgIpc) is 2.35. The maximum Gasteiger partial charge on any atom is 0.119 e. The second-order valence-electron chi connectivity index (χ2n) is 4.31. The van der Waals surface area contributed by atoms with Gasteiger partial charge >= 0.3 is 0 Å². The molecule has 0 aliphatic heterocycles. The summed E-state index contributed by atoms with van der Waals surface area (Å²) in [7, 11) is 0. The lowest BCUT2D eigenvalue weighted by atomic mass is 10.1. The molecule has 0 aliphatic rings. The van der Waals surface area contributed by atoms with Crippen molar-refractivity contribution < 1.29 is 4.74 Å². The number of rotatable bonds is 8. The largest absolute Gasteiger partial charge is 0.490 e. The smallest absolute Gasteiger partial charge is 0.119 e. The van der Waals surface area contributed by atoms with Crippen LogP contribution in [0.5, 0.6) is 5.75 Å². The van der Waals surface area contributed by atoms with Crippen LogP contribution in [0.1, 0.15) is 32.3 Å². The minimum absolute atomic E-state index is 0.561.